The van der Waals surface area contributed by atoms with Crippen LogP contribution >= 0.6 is 15.9 Å². The van der Waals surface area contributed by atoms with Crippen LogP contribution in [0.3, 0.4) is 0 Å². The number of carbonyl (C=O) groups is 1. The Morgan fingerprint density at radius 1 is 1.32 bits per heavy atom. The Labute approximate surface area is 138 Å². The molecule has 1 aromatic rings. The van der Waals surface area contributed by atoms with Gasteiger partial charge in [-0.3, -0.25) is 4.79 Å². The topological polar surface area (TPSA) is 96.5 Å². The molecule has 1 amide bonds. The molecule has 0 aromatic heterocycles. The van der Waals surface area contributed by atoms with E-state index in [0.717, 1.165) is 13.0 Å². The Balaban J connectivity index is 2.12. The highest BCUT2D eigenvalue weighted by Gasteiger charge is 2.23. The smallest absolute Gasteiger partial charge is 0.262 e. The first-order chi connectivity index (χ1) is 10.4. The fourth-order valence-electron chi connectivity index (χ4n) is 1.94. The van der Waals surface area contributed by atoms with Crippen molar-refractivity contribution in [3.63, 3.8) is 0 Å². The summed E-state index contributed by atoms with van der Waals surface area (Å²) in [5, 5.41) is 5.74. The van der Waals surface area contributed by atoms with E-state index in [1.807, 2.05) is 6.92 Å². The summed E-state index contributed by atoms with van der Waals surface area (Å²) >= 11 is 3.22. The van der Waals surface area contributed by atoms with Crippen molar-refractivity contribution in [2.24, 2.45) is 0 Å². The zero-order valence-corrected chi connectivity index (χ0v) is 14.5. The van der Waals surface area contributed by atoms with Crippen molar-refractivity contribution in [2.45, 2.75) is 18.2 Å². The molecule has 0 saturated heterocycles. The quantitative estimate of drug-likeness (QED) is 0.603. The Kier molecular flexibility index (Phi) is 5.79. The molecule has 22 heavy (non-hydrogen) atoms. The molecule has 0 atom stereocenters. The van der Waals surface area contributed by atoms with Gasteiger partial charge in [-0.2, -0.15) is 0 Å². The second-order valence-electron chi connectivity index (χ2n) is 4.76. The van der Waals surface area contributed by atoms with Crippen LogP contribution in [0.4, 0.5) is 5.69 Å². The van der Waals surface area contributed by atoms with Gasteiger partial charge in [0.15, 0.2) is 6.61 Å². The molecule has 1 aliphatic rings. The molecule has 0 fully saturated rings. The van der Waals surface area contributed by atoms with Gasteiger partial charge in [-0.05, 0) is 35.0 Å². The predicted molar refractivity (Wildman–Crippen MR) is 86.6 cm³/mol. The zero-order valence-electron chi connectivity index (χ0n) is 12.1. The van der Waals surface area contributed by atoms with Gasteiger partial charge in [0.1, 0.15) is 5.75 Å². The average Bonchev–Trinajstić information content (AvgIpc) is 2.46. The Morgan fingerprint density at radius 3 is 2.82 bits per heavy atom. The van der Waals surface area contributed by atoms with Crippen LogP contribution in [0.15, 0.2) is 21.5 Å². The molecule has 0 bridgehead atoms. The van der Waals surface area contributed by atoms with Gasteiger partial charge >= 0.3 is 0 Å². The van der Waals surface area contributed by atoms with E-state index in [4.69, 9.17) is 4.74 Å². The molecular formula is C13H18BrN3O4S. The number of nitrogens with one attached hydrogen (secondary N) is 3. The van der Waals surface area contributed by atoms with Crippen molar-refractivity contribution in [1.82, 2.24) is 10.0 Å². The monoisotopic (exact) mass is 391 g/mol. The van der Waals surface area contributed by atoms with Crippen LogP contribution in [0, 0.1) is 0 Å². The minimum atomic E-state index is -3.65. The summed E-state index contributed by atoms with van der Waals surface area (Å²) in [6.07, 6.45) is 0.992. The van der Waals surface area contributed by atoms with Gasteiger partial charge in [0.25, 0.3) is 5.91 Å². The van der Waals surface area contributed by atoms with Gasteiger partial charge in [0, 0.05) is 23.6 Å². The minimum Gasteiger partial charge on any atom is -0.482 e. The van der Waals surface area contributed by atoms with Crippen LogP contribution in [0.2, 0.25) is 0 Å². The molecule has 3 N–H and O–H groups in total. The van der Waals surface area contributed by atoms with Gasteiger partial charge in [-0.25, -0.2) is 13.1 Å². The van der Waals surface area contributed by atoms with E-state index in [1.54, 1.807) is 0 Å². The number of anilines is 1. The van der Waals surface area contributed by atoms with E-state index in [2.05, 4.69) is 31.3 Å². The number of hydrogen-bond acceptors (Lipinski definition) is 5. The van der Waals surface area contributed by atoms with Crippen molar-refractivity contribution in [2.75, 3.05) is 31.6 Å². The first kappa shape index (κ1) is 17.2. The van der Waals surface area contributed by atoms with E-state index in [0.29, 0.717) is 29.0 Å². The van der Waals surface area contributed by atoms with Gasteiger partial charge in [0.05, 0.1) is 10.6 Å². The molecule has 1 aliphatic heterocycles. The SMILES string of the molecule is CCCNCCNS(=O)(=O)c1cc2c(cc1Br)NC(=O)CO2. The van der Waals surface area contributed by atoms with Crippen LogP contribution in [0.1, 0.15) is 13.3 Å². The minimum absolute atomic E-state index is 0.0814. The first-order valence-electron chi connectivity index (χ1n) is 6.90. The van der Waals surface area contributed by atoms with Crippen LogP contribution < -0.4 is 20.1 Å². The molecule has 7 nitrogen and oxygen atoms in total. The van der Waals surface area contributed by atoms with Crippen molar-refractivity contribution in [3.05, 3.63) is 16.6 Å². The van der Waals surface area contributed by atoms with Crippen molar-refractivity contribution < 1.29 is 17.9 Å². The van der Waals surface area contributed by atoms with Gasteiger partial charge < -0.3 is 15.4 Å². The van der Waals surface area contributed by atoms with Crippen molar-refractivity contribution >= 4 is 37.5 Å². The maximum atomic E-state index is 12.3. The Hall–Kier alpha value is -1.16. The number of benzene rings is 1. The molecule has 0 saturated carbocycles. The summed E-state index contributed by atoms with van der Waals surface area (Å²) in [7, 11) is -3.65. The molecular weight excluding hydrogens is 374 g/mol. The fraction of sp³-hybridized carbons (Fsp3) is 0.462. The molecule has 0 radical (unpaired) electrons. The molecule has 9 heteroatoms. The summed E-state index contributed by atoms with van der Waals surface area (Å²) in [5.41, 5.74) is 0.451. The highest BCUT2D eigenvalue weighted by atomic mass is 79.9. The highest BCUT2D eigenvalue weighted by Crippen LogP contribution is 2.35. The predicted octanol–water partition coefficient (Wildman–Crippen LogP) is 1.06. The molecule has 0 aliphatic carbocycles. The number of ether oxygens (including phenoxy) is 1. The molecule has 122 valence electrons. The second-order valence-corrected chi connectivity index (χ2v) is 7.35. The highest BCUT2D eigenvalue weighted by molar-refractivity contribution is 9.10. The van der Waals surface area contributed by atoms with E-state index < -0.39 is 10.0 Å². The van der Waals surface area contributed by atoms with Crippen LogP contribution in [0.25, 0.3) is 0 Å². The first-order valence-corrected chi connectivity index (χ1v) is 9.18. The summed E-state index contributed by atoms with van der Waals surface area (Å²) in [6.45, 7) is 3.62. The van der Waals surface area contributed by atoms with Gasteiger partial charge in [-0.15, -0.1) is 0 Å². The number of fused-ring (bicyclic) bond motifs is 1. The lowest BCUT2D eigenvalue weighted by Gasteiger charge is -2.19. The summed E-state index contributed by atoms with van der Waals surface area (Å²) < 4.78 is 32.8. The third kappa shape index (κ3) is 4.19. The standard InChI is InChI=1S/C13H18BrN3O4S/c1-2-3-15-4-5-16-22(19,20)12-7-11-10(6-9(12)14)17-13(18)8-21-11/h6-7,15-16H,2-5,8H2,1H3,(H,17,18). The van der Waals surface area contributed by atoms with Gasteiger partial charge in [0.2, 0.25) is 10.0 Å². The number of carbonyl (C=O) groups excluding carboxylic acids is 1. The van der Waals surface area contributed by atoms with Crippen LogP contribution in [-0.4, -0.2) is 40.6 Å². The van der Waals surface area contributed by atoms with E-state index in [-0.39, 0.29) is 17.4 Å². The van der Waals surface area contributed by atoms with Crippen LogP contribution in [-0.2, 0) is 14.8 Å². The molecule has 0 spiro atoms. The maximum Gasteiger partial charge on any atom is 0.262 e. The summed E-state index contributed by atoms with van der Waals surface area (Å²) in [6, 6.07) is 2.93. The van der Waals surface area contributed by atoms with E-state index in [1.165, 1.54) is 12.1 Å². The normalized spacial score (nSPS) is 14.2. The maximum absolute atomic E-state index is 12.3. The third-order valence-corrected chi connectivity index (χ3v) is 5.40. The molecule has 1 heterocycles. The number of rotatable bonds is 7. The molecule has 0 unspecified atom stereocenters. The Morgan fingerprint density at radius 2 is 2.09 bits per heavy atom. The second kappa shape index (κ2) is 7.40. The number of halogens is 1. The molecule has 1 aromatic carbocycles. The number of hydrogen-bond donors (Lipinski definition) is 3. The van der Waals surface area contributed by atoms with Crippen molar-refractivity contribution in [1.29, 1.82) is 0 Å². The third-order valence-electron chi connectivity index (χ3n) is 2.98. The summed E-state index contributed by atoms with van der Waals surface area (Å²) in [5.74, 6) is 0.0717. The van der Waals surface area contributed by atoms with Gasteiger partial charge in [-0.1, -0.05) is 6.92 Å². The average molecular weight is 392 g/mol. The number of sulfonamides is 1. The number of amides is 1. The molecule has 2 rings (SSSR count). The van der Waals surface area contributed by atoms with E-state index >= 15 is 0 Å². The lowest BCUT2D eigenvalue weighted by Crippen LogP contribution is -2.32. The van der Waals surface area contributed by atoms with E-state index in [9.17, 15) is 13.2 Å². The Bertz CT molecular complexity index is 663. The lowest BCUT2D eigenvalue weighted by atomic mass is 10.2. The largest absolute Gasteiger partial charge is 0.482 e. The summed E-state index contributed by atoms with van der Waals surface area (Å²) in [4.78, 5) is 11.3. The zero-order chi connectivity index (χ0) is 16.2. The van der Waals surface area contributed by atoms with Crippen LogP contribution in [0.5, 0.6) is 5.75 Å². The fourth-order valence-corrected chi connectivity index (χ4v) is 4.03. The lowest BCUT2D eigenvalue weighted by molar-refractivity contribution is -0.118. The van der Waals surface area contributed by atoms with Crippen molar-refractivity contribution in [3.8, 4) is 5.75 Å².